The van der Waals surface area contributed by atoms with Gasteiger partial charge in [-0.15, -0.1) is 0 Å². The Labute approximate surface area is 186 Å². The van der Waals surface area contributed by atoms with E-state index in [0.717, 1.165) is 0 Å². The lowest BCUT2D eigenvalue weighted by Gasteiger charge is -2.35. The molecule has 3 rings (SSSR count). The molecule has 0 amide bonds. The lowest BCUT2D eigenvalue weighted by Crippen LogP contribution is -2.39. The molecule has 0 aliphatic carbocycles. The van der Waals surface area contributed by atoms with E-state index in [2.05, 4.69) is 0 Å². The summed E-state index contributed by atoms with van der Waals surface area (Å²) in [6.45, 7) is 0. The molecule has 0 fully saturated rings. The number of halogens is 4. The third kappa shape index (κ3) is 3.54. The first-order valence-corrected chi connectivity index (χ1v) is 10.9. The van der Waals surface area contributed by atoms with Crippen LogP contribution in [0.1, 0.15) is 16.7 Å². The largest absolute Gasteiger partial charge is 0.508 e. The minimum atomic E-state index is -5.25. The molecular weight excluding hydrogens is 482 g/mol. The van der Waals surface area contributed by atoms with E-state index in [4.69, 9.17) is 46.4 Å². The molecule has 0 radical (unpaired) electrons. The Hall–Kier alpha value is -1.67. The zero-order valence-electron chi connectivity index (χ0n) is 14.3. The summed E-state index contributed by atoms with van der Waals surface area (Å²) in [4.78, 5) is 0. The minimum Gasteiger partial charge on any atom is -0.508 e. The molecule has 3 aromatic carbocycles. The molecule has 0 saturated carbocycles. The maximum atomic E-state index is 13.0. The molecule has 0 heterocycles. The van der Waals surface area contributed by atoms with Gasteiger partial charge in [0, 0.05) is 36.8 Å². The van der Waals surface area contributed by atoms with Crippen LogP contribution in [0.5, 0.6) is 11.5 Å². The van der Waals surface area contributed by atoms with Gasteiger partial charge >= 0.3 is 0 Å². The van der Waals surface area contributed by atoms with Crippen molar-refractivity contribution in [3.8, 4) is 11.5 Å². The zero-order chi connectivity index (χ0) is 21.6. The second kappa shape index (κ2) is 7.87. The van der Waals surface area contributed by atoms with Crippen LogP contribution in [-0.2, 0) is 14.9 Å². The summed E-state index contributed by atoms with van der Waals surface area (Å²) in [5, 5.41) is 20.7. The van der Waals surface area contributed by atoms with Gasteiger partial charge in [-0.3, -0.25) is 4.55 Å². The fraction of sp³-hybridized carbons (Fsp3) is 0.0526. The Morgan fingerprint density at radius 2 is 1.21 bits per heavy atom. The third-order valence-corrected chi connectivity index (χ3v) is 6.98. The van der Waals surface area contributed by atoms with Crippen LogP contribution < -0.4 is 0 Å². The van der Waals surface area contributed by atoms with Crippen LogP contribution >= 0.6 is 46.4 Å². The Balaban J connectivity index is 2.73. The van der Waals surface area contributed by atoms with Crippen molar-refractivity contribution in [3.05, 3.63) is 91.4 Å². The predicted molar refractivity (Wildman–Crippen MR) is 114 cm³/mol. The van der Waals surface area contributed by atoms with Gasteiger partial charge in [0.1, 0.15) is 11.5 Å². The standard InChI is InChI=1S/C19H12Cl4O5S/c20-10-7-8-12(21)11(9-10)19(29(26,27)28,17-13(22)3-1-5-15(17)24)18-14(23)4-2-6-16(18)25/h1-9,24-25H,(H,26,27,28). The molecule has 0 spiro atoms. The van der Waals surface area contributed by atoms with Crippen molar-refractivity contribution in [1.29, 1.82) is 0 Å². The quantitative estimate of drug-likeness (QED) is 0.311. The predicted octanol–water partition coefficient (Wildman–Crippen LogP) is 5.89. The van der Waals surface area contributed by atoms with Crippen molar-refractivity contribution >= 4 is 56.5 Å². The van der Waals surface area contributed by atoms with E-state index in [1.807, 2.05) is 0 Å². The number of benzene rings is 3. The number of hydrogen-bond acceptors (Lipinski definition) is 4. The van der Waals surface area contributed by atoms with Crippen LogP contribution in [0.25, 0.3) is 0 Å². The Kier molecular flexibility index (Phi) is 5.98. The Morgan fingerprint density at radius 3 is 1.62 bits per heavy atom. The lowest BCUT2D eigenvalue weighted by atomic mass is 9.82. The number of phenolic OH excluding ortho intramolecular Hbond substituents is 2. The SMILES string of the molecule is O=S(=O)(O)C(c1cc(Cl)ccc1Cl)(c1c(O)cccc1Cl)c1c(O)cccc1Cl. The highest BCUT2D eigenvalue weighted by molar-refractivity contribution is 7.87. The van der Waals surface area contributed by atoms with Gasteiger partial charge in [0.05, 0.1) is 0 Å². The summed E-state index contributed by atoms with van der Waals surface area (Å²) in [6, 6.07) is 11.6. The van der Waals surface area contributed by atoms with E-state index in [0.29, 0.717) is 0 Å². The summed E-state index contributed by atoms with van der Waals surface area (Å²) in [5.74, 6) is -1.16. The fourth-order valence-corrected chi connectivity index (χ4v) is 5.89. The molecule has 3 N–H and O–H groups in total. The molecule has 0 aliphatic rings. The highest BCUT2D eigenvalue weighted by Gasteiger charge is 2.55. The van der Waals surface area contributed by atoms with E-state index >= 15 is 0 Å². The van der Waals surface area contributed by atoms with Gasteiger partial charge in [0.25, 0.3) is 10.1 Å². The molecule has 29 heavy (non-hydrogen) atoms. The minimum absolute atomic E-state index is 0.0792. The normalized spacial score (nSPS) is 12.2. The summed E-state index contributed by atoms with van der Waals surface area (Å²) in [7, 11) is -5.25. The second-order valence-corrected chi connectivity index (χ2v) is 9.27. The Morgan fingerprint density at radius 1 is 0.724 bits per heavy atom. The molecule has 0 atom stereocenters. The second-order valence-electron chi connectivity index (χ2n) is 6.05. The molecule has 10 heteroatoms. The van der Waals surface area contributed by atoms with Crippen molar-refractivity contribution in [2.45, 2.75) is 4.75 Å². The van der Waals surface area contributed by atoms with Crippen LogP contribution in [0.15, 0.2) is 54.6 Å². The van der Waals surface area contributed by atoms with E-state index in [9.17, 15) is 23.2 Å². The van der Waals surface area contributed by atoms with Crippen LogP contribution in [0.4, 0.5) is 0 Å². The van der Waals surface area contributed by atoms with Crippen molar-refractivity contribution in [2.75, 3.05) is 0 Å². The average Bonchev–Trinajstić information content (AvgIpc) is 2.61. The maximum Gasteiger partial charge on any atom is 0.283 e. The van der Waals surface area contributed by atoms with E-state index in [1.54, 1.807) is 0 Å². The molecular formula is C19H12Cl4O5S. The molecule has 0 bridgehead atoms. The van der Waals surface area contributed by atoms with Crippen molar-refractivity contribution in [3.63, 3.8) is 0 Å². The van der Waals surface area contributed by atoms with Gasteiger partial charge in [-0.1, -0.05) is 58.5 Å². The van der Waals surface area contributed by atoms with Gasteiger partial charge < -0.3 is 10.2 Å². The summed E-state index contributed by atoms with van der Waals surface area (Å²) in [6.07, 6.45) is 0. The van der Waals surface area contributed by atoms with Crippen LogP contribution in [-0.4, -0.2) is 23.2 Å². The maximum absolute atomic E-state index is 13.0. The van der Waals surface area contributed by atoms with Crippen LogP contribution in [0.3, 0.4) is 0 Å². The summed E-state index contributed by atoms with van der Waals surface area (Å²) >= 11 is 25.0. The first-order chi connectivity index (χ1) is 13.5. The highest BCUT2D eigenvalue weighted by atomic mass is 35.5. The zero-order valence-corrected chi connectivity index (χ0v) is 18.1. The molecule has 0 saturated heterocycles. The van der Waals surface area contributed by atoms with Gasteiger partial charge in [-0.05, 0) is 42.5 Å². The first kappa shape index (κ1) is 22.0. The van der Waals surface area contributed by atoms with Gasteiger partial charge in [-0.2, -0.15) is 8.42 Å². The van der Waals surface area contributed by atoms with Crippen molar-refractivity contribution in [2.24, 2.45) is 0 Å². The molecule has 152 valence electrons. The van der Waals surface area contributed by atoms with Crippen LogP contribution in [0, 0.1) is 0 Å². The lowest BCUT2D eigenvalue weighted by molar-refractivity contribution is 0.428. The summed E-state index contributed by atoms with van der Waals surface area (Å²) < 4.78 is 33.9. The van der Waals surface area contributed by atoms with Gasteiger partial charge in [0.2, 0.25) is 0 Å². The van der Waals surface area contributed by atoms with Crippen molar-refractivity contribution < 1.29 is 23.2 Å². The van der Waals surface area contributed by atoms with Crippen molar-refractivity contribution in [1.82, 2.24) is 0 Å². The smallest absolute Gasteiger partial charge is 0.283 e. The average molecular weight is 494 g/mol. The molecule has 5 nitrogen and oxygen atoms in total. The molecule has 0 aromatic heterocycles. The number of rotatable bonds is 4. The van der Waals surface area contributed by atoms with E-state index in [1.165, 1.54) is 54.6 Å². The molecule has 0 unspecified atom stereocenters. The Bertz CT molecular complexity index is 1120. The third-order valence-electron chi connectivity index (χ3n) is 4.38. The number of aromatic hydroxyl groups is 2. The van der Waals surface area contributed by atoms with Gasteiger partial charge in [-0.25, -0.2) is 0 Å². The van der Waals surface area contributed by atoms with Gasteiger partial charge in [0.15, 0.2) is 4.75 Å². The molecule has 0 aliphatic heterocycles. The highest BCUT2D eigenvalue weighted by Crippen LogP contribution is 2.55. The monoisotopic (exact) mass is 492 g/mol. The number of hydrogen-bond donors (Lipinski definition) is 3. The molecule has 3 aromatic rings. The van der Waals surface area contributed by atoms with Crippen LogP contribution in [0.2, 0.25) is 20.1 Å². The topological polar surface area (TPSA) is 94.8 Å². The summed E-state index contributed by atoms with van der Waals surface area (Å²) in [5.41, 5.74) is -1.16. The van der Waals surface area contributed by atoms with E-state index in [-0.39, 0.29) is 25.7 Å². The first-order valence-electron chi connectivity index (χ1n) is 7.90. The van der Waals surface area contributed by atoms with E-state index < -0.39 is 37.5 Å². The fourth-order valence-electron chi connectivity index (χ4n) is 3.28. The number of phenols is 2.